The highest BCUT2D eigenvalue weighted by Gasteiger charge is 2.06. The van der Waals surface area contributed by atoms with Gasteiger partial charge in [-0.25, -0.2) is 14.6 Å². The van der Waals surface area contributed by atoms with Crippen LogP contribution in [0.1, 0.15) is 31.9 Å². The van der Waals surface area contributed by atoms with Crippen molar-refractivity contribution in [1.82, 2.24) is 24.3 Å². The number of rotatable bonds is 5. The highest BCUT2D eigenvalue weighted by molar-refractivity contribution is 4.97. The first-order valence-electron chi connectivity index (χ1n) is 5.71. The molecule has 5 nitrogen and oxygen atoms in total. The van der Waals surface area contributed by atoms with Crippen molar-refractivity contribution in [3.8, 4) is 0 Å². The summed E-state index contributed by atoms with van der Waals surface area (Å²) in [6, 6.07) is 0. The fourth-order valence-corrected chi connectivity index (χ4v) is 1.76. The average molecular weight is 219 g/mol. The maximum absolute atomic E-state index is 4.35. The molecule has 0 N–H and O–H groups in total. The summed E-state index contributed by atoms with van der Waals surface area (Å²) in [6.07, 6.45) is 7.57. The summed E-state index contributed by atoms with van der Waals surface area (Å²) in [6.45, 7) is 5.84. The topological polar surface area (TPSA) is 48.5 Å². The van der Waals surface area contributed by atoms with E-state index in [0.717, 1.165) is 37.6 Å². The van der Waals surface area contributed by atoms with Crippen molar-refractivity contribution >= 4 is 0 Å². The Hall–Kier alpha value is -1.65. The standard InChI is InChI=1S/C11H17N5/c1-3-5-10-12-6-7-15(10)8-11-13-9-14-16(11)4-2/h6-7,9H,3-5,8H2,1-2H3. The number of imidazole rings is 1. The lowest BCUT2D eigenvalue weighted by atomic mass is 10.3. The van der Waals surface area contributed by atoms with Crippen LogP contribution in [-0.4, -0.2) is 24.3 Å². The van der Waals surface area contributed by atoms with E-state index in [2.05, 4.69) is 33.5 Å². The van der Waals surface area contributed by atoms with E-state index in [1.807, 2.05) is 17.1 Å². The van der Waals surface area contributed by atoms with E-state index in [0.29, 0.717) is 0 Å². The molecule has 0 bridgehead atoms. The van der Waals surface area contributed by atoms with Crippen LogP contribution in [0.3, 0.4) is 0 Å². The summed E-state index contributed by atoms with van der Waals surface area (Å²) in [5.74, 6) is 2.10. The molecule has 2 heterocycles. The molecule has 2 rings (SSSR count). The van der Waals surface area contributed by atoms with Crippen molar-refractivity contribution in [3.05, 3.63) is 30.4 Å². The zero-order valence-corrected chi connectivity index (χ0v) is 9.80. The number of aromatic nitrogens is 5. The van der Waals surface area contributed by atoms with Crippen LogP contribution in [0.4, 0.5) is 0 Å². The third-order valence-corrected chi connectivity index (χ3v) is 2.58. The molecule has 0 aliphatic carbocycles. The normalized spacial score (nSPS) is 10.9. The zero-order chi connectivity index (χ0) is 11.4. The maximum Gasteiger partial charge on any atom is 0.146 e. The minimum absolute atomic E-state index is 0.753. The molecule has 0 radical (unpaired) electrons. The zero-order valence-electron chi connectivity index (χ0n) is 9.80. The van der Waals surface area contributed by atoms with E-state index in [4.69, 9.17) is 0 Å². The highest BCUT2D eigenvalue weighted by atomic mass is 15.3. The maximum atomic E-state index is 4.35. The quantitative estimate of drug-likeness (QED) is 0.765. The van der Waals surface area contributed by atoms with Crippen LogP contribution in [0.25, 0.3) is 0 Å². The summed E-state index contributed by atoms with van der Waals surface area (Å²) in [5, 5.41) is 4.16. The summed E-state index contributed by atoms with van der Waals surface area (Å²) in [5.41, 5.74) is 0. The van der Waals surface area contributed by atoms with Crippen LogP contribution in [0, 0.1) is 0 Å². The minimum Gasteiger partial charge on any atom is -0.327 e. The second kappa shape index (κ2) is 4.92. The Balaban J connectivity index is 2.17. The van der Waals surface area contributed by atoms with Crippen molar-refractivity contribution in [2.45, 2.75) is 39.8 Å². The van der Waals surface area contributed by atoms with Crippen LogP contribution in [0.15, 0.2) is 18.7 Å². The molecule has 2 aromatic heterocycles. The Morgan fingerprint density at radius 2 is 2.06 bits per heavy atom. The van der Waals surface area contributed by atoms with Crippen LogP contribution in [0.2, 0.25) is 0 Å². The lowest BCUT2D eigenvalue weighted by Gasteiger charge is -2.07. The monoisotopic (exact) mass is 219 g/mol. The van der Waals surface area contributed by atoms with E-state index in [9.17, 15) is 0 Å². The Morgan fingerprint density at radius 3 is 2.81 bits per heavy atom. The summed E-state index contributed by atoms with van der Waals surface area (Å²) >= 11 is 0. The van der Waals surface area contributed by atoms with Gasteiger partial charge in [-0.1, -0.05) is 6.92 Å². The van der Waals surface area contributed by atoms with Gasteiger partial charge in [-0.05, 0) is 13.3 Å². The SMILES string of the molecule is CCCc1nccn1Cc1ncnn1CC. The van der Waals surface area contributed by atoms with Crippen LogP contribution in [0.5, 0.6) is 0 Å². The Labute approximate surface area is 95.1 Å². The highest BCUT2D eigenvalue weighted by Crippen LogP contribution is 2.05. The van der Waals surface area contributed by atoms with Crippen LogP contribution in [-0.2, 0) is 19.5 Å². The largest absolute Gasteiger partial charge is 0.327 e. The van der Waals surface area contributed by atoms with Gasteiger partial charge in [0.1, 0.15) is 18.0 Å². The average Bonchev–Trinajstić information content (AvgIpc) is 2.89. The molecule has 0 saturated heterocycles. The van der Waals surface area contributed by atoms with Gasteiger partial charge in [0.05, 0.1) is 6.54 Å². The molecular formula is C11H17N5. The van der Waals surface area contributed by atoms with E-state index in [1.165, 1.54) is 0 Å². The predicted octanol–water partition coefficient (Wildman–Crippen LogP) is 1.50. The second-order valence-corrected chi connectivity index (χ2v) is 3.71. The van der Waals surface area contributed by atoms with Gasteiger partial charge in [0, 0.05) is 25.4 Å². The Kier molecular flexibility index (Phi) is 3.34. The predicted molar refractivity (Wildman–Crippen MR) is 61.0 cm³/mol. The third-order valence-electron chi connectivity index (χ3n) is 2.58. The first kappa shape index (κ1) is 10.9. The molecule has 86 valence electrons. The second-order valence-electron chi connectivity index (χ2n) is 3.71. The lowest BCUT2D eigenvalue weighted by Crippen LogP contribution is -2.10. The molecule has 0 aromatic carbocycles. The number of hydrogen-bond donors (Lipinski definition) is 0. The number of aryl methyl sites for hydroxylation is 2. The third kappa shape index (κ3) is 2.13. The van der Waals surface area contributed by atoms with Crippen LogP contribution >= 0.6 is 0 Å². The van der Waals surface area contributed by atoms with Crippen molar-refractivity contribution in [2.24, 2.45) is 0 Å². The molecule has 2 aromatic rings. The van der Waals surface area contributed by atoms with Gasteiger partial charge in [0.2, 0.25) is 0 Å². The number of nitrogens with zero attached hydrogens (tertiary/aromatic N) is 5. The van der Waals surface area contributed by atoms with Crippen molar-refractivity contribution in [2.75, 3.05) is 0 Å². The fraction of sp³-hybridized carbons (Fsp3) is 0.545. The summed E-state index contributed by atoms with van der Waals surface area (Å²) < 4.78 is 4.05. The molecule has 5 heteroatoms. The fourth-order valence-electron chi connectivity index (χ4n) is 1.76. The van der Waals surface area contributed by atoms with E-state index in [-0.39, 0.29) is 0 Å². The smallest absolute Gasteiger partial charge is 0.146 e. The molecule has 16 heavy (non-hydrogen) atoms. The van der Waals surface area contributed by atoms with Gasteiger partial charge in [-0.2, -0.15) is 5.10 Å². The molecule has 0 saturated carbocycles. The molecule has 0 spiro atoms. The van der Waals surface area contributed by atoms with Crippen LogP contribution < -0.4 is 0 Å². The Morgan fingerprint density at radius 1 is 1.19 bits per heavy atom. The molecule has 0 unspecified atom stereocenters. The van der Waals surface area contributed by atoms with Crippen molar-refractivity contribution in [1.29, 1.82) is 0 Å². The van der Waals surface area contributed by atoms with Gasteiger partial charge in [0.15, 0.2) is 0 Å². The van der Waals surface area contributed by atoms with Gasteiger partial charge in [-0.15, -0.1) is 0 Å². The van der Waals surface area contributed by atoms with Crippen molar-refractivity contribution < 1.29 is 0 Å². The molecule has 0 atom stereocenters. The van der Waals surface area contributed by atoms with E-state index >= 15 is 0 Å². The first-order chi connectivity index (χ1) is 7.85. The summed E-state index contributed by atoms with van der Waals surface area (Å²) in [4.78, 5) is 8.61. The summed E-state index contributed by atoms with van der Waals surface area (Å²) in [7, 11) is 0. The lowest BCUT2D eigenvalue weighted by molar-refractivity contribution is 0.580. The van der Waals surface area contributed by atoms with Crippen molar-refractivity contribution in [3.63, 3.8) is 0 Å². The van der Waals surface area contributed by atoms with Gasteiger partial charge >= 0.3 is 0 Å². The van der Waals surface area contributed by atoms with Gasteiger partial charge < -0.3 is 4.57 Å². The first-order valence-corrected chi connectivity index (χ1v) is 5.71. The Bertz CT molecular complexity index is 443. The van der Waals surface area contributed by atoms with Gasteiger partial charge in [0.25, 0.3) is 0 Å². The molecule has 0 amide bonds. The molecule has 0 aliphatic rings. The molecular weight excluding hydrogens is 202 g/mol. The van der Waals surface area contributed by atoms with E-state index in [1.54, 1.807) is 6.33 Å². The van der Waals surface area contributed by atoms with E-state index < -0.39 is 0 Å². The minimum atomic E-state index is 0.753. The molecule has 0 fully saturated rings. The molecule has 0 aliphatic heterocycles. The number of hydrogen-bond acceptors (Lipinski definition) is 3. The van der Waals surface area contributed by atoms with Gasteiger partial charge in [-0.3, -0.25) is 0 Å².